The molecular weight excluding hydrogens is 250 g/mol. The van der Waals surface area contributed by atoms with Crippen LogP contribution in [0, 0.1) is 11.8 Å². The minimum absolute atomic E-state index is 0.469. The van der Waals surface area contributed by atoms with Gasteiger partial charge in [-0.15, -0.1) is 0 Å². The lowest BCUT2D eigenvalue weighted by Crippen LogP contribution is -2.54. The SMILES string of the molecule is CC1CC(C)CN(S(=O)(=O)N2CCN(C)CC2)C1. The van der Waals surface area contributed by atoms with Crippen LogP contribution >= 0.6 is 0 Å². The fourth-order valence-electron chi connectivity index (χ4n) is 2.98. The van der Waals surface area contributed by atoms with Crippen LogP contribution in [0.2, 0.25) is 0 Å². The summed E-state index contributed by atoms with van der Waals surface area (Å²) in [6, 6.07) is 0. The van der Waals surface area contributed by atoms with E-state index in [4.69, 9.17) is 0 Å². The van der Waals surface area contributed by atoms with E-state index in [2.05, 4.69) is 18.7 Å². The first-order valence-corrected chi connectivity index (χ1v) is 8.23. The highest BCUT2D eigenvalue weighted by Gasteiger charge is 2.35. The van der Waals surface area contributed by atoms with E-state index in [0.29, 0.717) is 38.0 Å². The summed E-state index contributed by atoms with van der Waals surface area (Å²) < 4.78 is 28.5. The van der Waals surface area contributed by atoms with Gasteiger partial charge in [0.1, 0.15) is 0 Å². The molecule has 0 saturated carbocycles. The van der Waals surface area contributed by atoms with E-state index >= 15 is 0 Å². The summed E-state index contributed by atoms with van der Waals surface area (Å²) in [6.07, 6.45) is 1.13. The van der Waals surface area contributed by atoms with Crippen molar-refractivity contribution in [1.29, 1.82) is 0 Å². The normalized spacial score (nSPS) is 33.7. The monoisotopic (exact) mass is 275 g/mol. The highest BCUT2D eigenvalue weighted by atomic mass is 32.2. The summed E-state index contributed by atoms with van der Waals surface area (Å²) in [5.74, 6) is 0.937. The first-order chi connectivity index (χ1) is 8.39. The van der Waals surface area contributed by atoms with Crippen LogP contribution in [-0.4, -0.2) is 68.2 Å². The number of rotatable bonds is 2. The van der Waals surface area contributed by atoms with Gasteiger partial charge in [0.05, 0.1) is 0 Å². The van der Waals surface area contributed by atoms with E-state index in [1.54, 1.807) is 8.61 Å². The van der Waals surface area contributed by atoms with E-state index in [9.17, 15) is 8.42 Å². The molecule has 2 saturated heterocycles. The maximum absolute atomic E-state index is 12.6. The van der Waals surface area contributed by atoms with Crippen LogP contribution in [0.3, 0.4) is 0 Å². The average Bonchev–Trinajstić information content (AvgIpc) is 2.28. The lowest BCUT2D eigenvalue weighted by Gasteiger charge is -2.39. The van der Waals surface area contributed by atoms with Crippen molar-refractivity contribution in [3.63, 3.8) is 0 Å². The van der Waals surface area contributed by atoms with Crippen LogP contribution in [0.4, 0.5) is 0 Å². The van der Waals surface area contributed by atoms with Crippen molar-refractivity contribution in [3.05, 3.63) is 0 Å². The molecule has 0 aromatic rings. The molecule has 2 rings (SSSR count). The fraction of sp³-hybridized carbons (Fsp3) is 1.00. The van der Waals surface area contributed by atoms with Gasteiger partial charge in [-0.1, -0.05) is 13.8 Å². The molecule has 2 fully saturated rings. The van der Waals surface area contributed by atoms with E-state index in [0.717, 1.165) is 19.5 Å². The van der Waals surface area contributed by atoms with Gasteiger partial charge in [0.15, 0.2) is 0 Å². The van der Waals surface area contributed by atoms with Gasteiger partial charge in [-0.25, -0.2) is 0 Å². The van der Waals surface area contributed by atoms with Crippen molar-refractivity contribution in [2.45, 2.75) is 20.3 Å². The molecule has 0 aliphatic carbocycles. The molecule has 2 atom stereocenters. The minimum Gasteiger partial charge on any atom is -0.304 e. The van der Waals surface area contributed by atoms with E-state index in [1.165, 1.54) is 0 Å². The standard InChI is InChI=1S/C12H25N3O2S/c1-11-8-12(2)10-15(9-11)18(16,17)14-6-4-13(3)5-7-14/h11-12H,4-10H2,1-3H3. The topological polar surface area (TPSA) is 43.9 Å². The zero-order chi connectivity index (χ0) is 13.3. The van der Waals surface area contributed by atoms with Crippen molar-refractivity contribution in [2.75, 3.05) is 46.3 Å². The molecule has 0 bridgehead atoms. The Balaban J connectivity index is 2.06. The van der Waals surface area contributed by atoms with Crippen molar-refractivity contribution in [2.24, 2.45) is 11.8 Å². The molecule has 6 heteroatoms. The smallest absolute Gasteiger partial charge is 0.282 e. The van der Waals surface area contributed by atoms with Gasteiger partial charge in [0.2, 0.25) is 0 Å². The number of piperidine rings is 1. The highest BCUT2D eigenvalue weighted by molar-refractivity contribution is 7.86. The van der Waals surface area contributed by atoms with Gasteiger partial charge in [-0.3, -0.25) is 0 Å². The molecule has 0 aromatic carbocycles. The molecule has 0 spiro atoms. The van der Waals surface area contributed by atoms with Gasteiger partial charge < -0.3 is 4.90 Å². The van der Waals surface area contributed by atoms with Gasteiger partial charge in [-0.05, 0) is 25.3 Å². The molecule has 2 aliphatic heterocycles. The van der Waals surface area contributed by atoms with Crippen molar-refractivity contribution in [1.82, 2.24) is 13.5 Å². The summed E-state index contributed by atoms with van der Waals surface area (Å²) >= 11 is 0. The van der Waals surface area contributed by atoms with Gasteiger partial charge in [-0.2, -0.15) is 17.0 Å². The second kappa shape index (κ2) is 5.45. The molecule has 0 amide bonds. The van der Waals surface area contributed by atoms with Crippen LogP contribution in [0.1, 0.15) is 20.3 Å². The predicted octanol–water partition coefficient (Wildman–Crippen LogP) is 0.457. The summed E-state index contributed by atoms with van der Waals surface area (Å²) in [6.45, 7) is 8.55. The second-order valence-corrected chi connectivity index (χ2v) is 7.90. The Morgan fingerprint density at radius 2 is 1.39 bits per heavy atom. The van der Waals surface area contributed by atoms with Crippen LogP contribution in [0.5, 0.6) is 0 Å². The largest absolute Gasteiger partial charge is 0.304 e. The van der Waals surface area contributed by atoms with Crippen LogP contribution in [0.25, 0.3) is 0 Å². The second-order valence-electron chi connectivity index (χ2n) is 5.97. The minimum atomic E-state index is -3.23. The third-order valence-electron chi connectivity index (χ3n) is 3.95. The van der Waals surface area contributed by atoms with Gasteiger partial charge >= 0.3 is 0 Å². The van der Waals surface area contributed by atoms with E-state index < -0.39 is 10.2 Å². The zero-order valence-electron chi connectivity index (χ0n) is 11.7. The van der Waals surface area contributed by atoms with Crippen LogP contribution in [-0.2, 0) is 10.2 Å². The predicted molar refractivity (Wildman–Crippen MR) is 72.5 cm³/mol. The molecule has 2 unspecified atom stereocenters. The Labute approximate surface area is 111 Å². The number of nitrogens with zero attached hydrogens (tertiary/aromatic N) is 3. The van der Waals surface area contributed by atoms with Gasteiger partial charge in [0, 0.05) is 39.3 Å². The number of piperazine rings is 1. The third-order valence-corrected chi connectivity index (χ3v) is 5.92. The maximum Gasteiger partial charge on any atom is 0.282 e. The van der Waals surface area contributed by atoms with Crippen LogP contribution in [0.15, 0.2) is 0 Å². The molecule has 2 heterocycles. The molecule has 106 valence electrons. The Morgan fingerprint density at radius 1 is 0.889 bits per heavy atom. The summed E-state index contributed by atoms with van der Waals surface area (Å²) in [4.78, 5) is 2.17. The van der Waals surface area contributed by atoms with E-state index in [1.807, 2.05) is 7.05 Å². The summed E-state index contributed by atoms with van der Waals surface area (Å²) in [7, 11) is -1.20. The average molecular weight is 275 g/mol. The third kappa shape index (κ3) is 3.04. The highest BCUT2D eigenvalue weighted by Crippen LogP contribution is 2.25. The molecule has 0 aromatic heterocycles. The maximum atomic E-state index is 12.6. The van der Waals surface area contributed by atoms with Crippen molar-refractivity contribution >= 4 is 10.2 Å². The zero-order valence-corrected chi connectivity index (χ0v) is 12.5. The first kappa shape index (κ1) is 14.2. The number of hydrogen-bond donors (Lipinski definition) is 0. The Kier molecular flexibility index (Phi) is 4.31. The molecule has 18 heavy (non-hydrogen) atoms. The number of likely N-dealkylation sites (N-methyl/N-ethyl adjacent to an activating group) is 1. The molecular formula is C12H25N3O2S. The Bertz CT molecular complexity index is 367. The molecule has 0 radical (unpaired) electrons. The van der Waals surface area contributed by atoms with Gasteiger partial charge in [0.25, 0.3) is 10.2 Å². The Morgan fingerprint density at radius 3 is 1.89 bits per heavy atom. The molecule has 0 N–H and O–H groups in total. The fourth-order valence-corrected chi connectivity index (χ4v) is 4.81. The lowest BCUT2D eigenvalue weighted by atomic mass is 9.94. The summed E-state index contributed by atoms with van der Waals surface area (Å²) in [5, 5.41) is 0. The number of hydrogen-bond acceptors (Lipinski definition) is 3. The van der Waals surface area contributed by atoms with Crippen molar-refractivity contribution in [3.8, 4) is 0 Å². The lowest BCUT2D eigenvalue weighted by molar-refractivity contribution is 0.183. The molecule has 5 nitrogen and oxygen atoms in total. The van der Waals surface area contributed by atoms with Crippen LogP contribution < -0.4 is 0 Å². The van der Waals surface area contributed by atoms with Crippen molar-refractivity contribution < 1.29 is 8.42 Å². The Hall–Kier alpha value is -0.170. The quantitative estimate of drug-likeness (QED) is 0.735. The first-order valence-electron chi connectivity index (χ1n) is 6.83. The van der Waals surface area contributed by atoms with E-state index in [-0.39, 0.29) is 0 Å². The summed E-state index contributed by atoms with van der Waals surface area (Å²) in [5.41, 5.74) is 0. The molecule has 2 aliphatic rings.